The summed E-state index contributed by atoms with van der Waals surface area (Å²) < 4.78 is 0. The number of hydrogen-bond acceptors (Lipinski definition) is 4. The van der Waals surface area contributed by atoms with Crippen LogP contribution in [0.15, 0.2) is 12.7 Å². The lowest BCUT2D eigenvalue weighted by Gasteiger charge is -2.17. The quantitative estimate of drug-likeness (QED) is 0.364. The molecule has 0 spiro atoms. The first-order chi connectivity index (χ1) is 5.59. The molecule has 0 aliphatic carbocycles. The number of nitrogens with zero attached hydrogens (tertiary/aromatic N) is 1. The van der Waals surface area contributed by atoms with E-state index < -0.39 is 0 Å². The normalized spacial score (nSPS) is 12.7. The topological polar surface area (TPSA) is 41.6 Å². The number of hydrogen-bond donors (Lipinski definition) is 1. The Balaban J connectivity index is 3.64. The molecular formula is C8H16N2O2. The van der Waals surface area contributed by atoms with Crippen LogP contribution in [-0.4, -0.2) is 37.6 Å². The summed E-state index contributed by atoms with van der Waals surface area (Å²) >= 11 is 0. The number of carbonyl (C=O) groups is 1. The molecule has 0 aromatic rings. The van der Waals surface area contributed by atoms with Gasteiger partial charge in [0.05, 0.1) is 0 Å². The molecule has 1 N–H and O–H groups in total. The number of hydroxylamine groups is 1. The van der Waals surface area contributed by atoms with E-state index >= 15 is 0 Å². The first-order valence-electron chi connectivity index (χ1n) is 3.80. The van der Waals surface area contributed by atoms with Gasteiger partial charge in [0.25, 0.3) is 0 Å². The number of nitrogens with one attached hydrogen (secondary N) is 1. The molecule has 0 saturated carbocycles. The van der Waals surface area contributed by atoms with Gasteiger partial charge in [-0.3, -0.25) is 4.90 Å². The molecule has 0 aliphatic rings. The van der Waals surface area contributed by atoms with Crippen LogP contribution in [0, 0.1) is 0 Å². The van der Waals surface area contributed by atoms with E-state index in [0.717, 1.165) is 0 Å². The molecule has 0 rings (SSSR count). The minimum atomic E-state index is -0.290. The Kier molecular flexibility index (Phi) is 5.32. The zero-order valence-electron chi connectivity index (χ0n) is 7.83. The second-order valence-corrected chi connectivity index (χ2v) is 2.70. The van der Waals surface area contributed by atoms with E-state index in [0.29, 0.717) is 6.54 Å². The third-order valence-electron chi connectivity index (χ3n) is 1.52. The van der Waals surface area contributed by atoms with Gasteiger partial charge >= 0.3 is 5.97 Å². The van der Waals surface area contributed by atoms with Gasteiger partial charge < -0.3 is 4.84 Å². The van der Waals surface area contributed by atoms with Gasteiger partial charge in [-0.25, -0.2) is 4.79 Å². The van der Waals surface area contributed by atoms with E-state index in [1.165, 1.54) is 0 Å². The molecule has 0 fully saturated rings. The fourth-order valence-electron chi connectivity index (χ4n) is 0.468. The fraction of sp³-hybridized carbons (Fsp3) is 0.625. The summed E-state index contributed by atoms with van der Waals surface area (Å²) in [5, 5.41) is 0. The minimum Gasteiger partial charge on any atom is -0.369 e. The van der Waals surface area contributed by atoms with Crippen LogP contribution >= 0.6 is 0 Å². The predicted molar refractivity (Wildman–Crippen MR) is 47.4 cm³/mol. The van der Waals surface area contributed by atoms with Gasteiger partial charge in [-0.05, 0) is 21.0 Å². The molecule has 70 valence electrons. The molecule has 0 heterocycles. The van der Waals surface area contributed by atoms with Crippen LogP contribution in [0.1, 0.15) is 6.92 Å². The van der Waals surface area contributed by atoms with Crippen molar-refractivity contribution in [2.24, 2.45) is 0 Å². The Labute approximate surface area is 73.1 Å². The largest absolute Gasteiger partial charge is 0.369 e. The number of rotatable bonds is 5. The van der Waals surface area contributed by atoms with E-state index in [1.54, 1.807) is 17.9 Å². The molecule has 0 saturated heterocycles. The molecule has 0 aliphatic heterocycles. The van der Waals surface area contributed by atoms with Crippen molar-refractivity contribution in [3.8, 4) is 0 Å². The van der Waals surface area contributed by atoms with Gasteiger partial charge in [-0.2, -0.15) is 0 Å². The van der Waals surface area contributed by atoms with Crippen LogP contribution in [0.2, 0.25) is 0 Å². The summed E-state index contributed by atoms with van der Waals surface area (Å²) in [5.41, 5.74) is 2.48. The summed E-state index contributed by atoms with van der Waals surface area (Å²) in [4.78, 5) is 17.6. The van der Waals surface area contributed by atoms with Crippen LogP contribution in [0.3, 0.4) is 0 Å². The SMILES string of the molecule is C=CCNOC(=O)[C@H](C)N(C)C. The maximum absolute atomic E-state index is 11.1. The fourth-order valence-corrected chi connectivity index (χ4v) is 0.468. The molecule has 0 amide bonds. The highest BCUT2D eigenvalue weighted by atomic mass is 16.7. The minimum absolute atomic E-state index is 0.234. The van der Waals surface area contributed by atoms with Crippen molar-refractivity contribution in [2.45, 2.75) is 13.0 Å². The Morgan fingerprint density at radius 2 is 2.33 bits per heavy atom. The molecular weight excluding hydrogens is 156 g/mol. The highest BCUT2D eigenvalue weighted by Gasteiger charge is 2.15. The Morgan fingerprint density at radius 3 is 2.75 bits per heavy atom. The highest BCUT2D eigenvalue weighted by Crippen LogP contribution is 1.92. The van der Waals surface area contributed by atoms with Gasteiger partial charge in [0.2, 0.25) is 0 Å². The average Bonchev–Trinajstić information content (AvgIpc) is 2.03. The molecule has 4 nitrogen and oxygen atoms in total. The molecule has 0 aromatic carbocycles. The zero-order chi connectivity index (χ0) is 9.56. The maximum Gasteiger partial charge on any atom is 0.341 e. The first kappa shape index (κ1) is 11.1. The Bertz CT molecular complexity index is 157. The van der Waals surface area contributed by atoms with Crippen LogP contribution in [0.25, 0.3) is 0 Å². The summed E-state index contributed by atoms with van der Waals surface area (Å²) in [6.45, 7) is 5.71. The lowest BCUT2D eigenvalue weighted by atomic mass is 10.3. The van der Waals surface area contributed by atoms with Crippen LogP contribution in [0.5, 0.6) is 0 Å². The Morgan fingerprint density at radius 1 is 1.75 bits per heavy atom. The molecule has 0 aromatic heterocycles. The number of likely N-dealkylation sites (N-methyl/N-ethyl adjacent to an activating group) is 1. The third kappa shape index (κ3) is 4.10. The van der Waals surface area contributed by atoms with Crippen LogP contribution in [-0.2, 0) is 9.63 Å². The van der Waals surface area contributed by atoms with Gasteiger partial charge in [-0.1, -0.05) is 6.08 Å². The molecule has 4 heteroatoms. The average molecular weight is 172 g/mol. The maximum atomic E-state index is 11.1. The third-order valence-corrected chi connectivity index (χ3v) is 1.52. The highest BCUT2D eigenvalue weighted by molar-refractivity contribution is 5.74. The predicted octanol–water partition coefficient (Wildman–Crippen LogP) is 0.170. The molecule has 0 unspecified atom stereocenters. The summed E-state index contributed by atoms with van der Waals surface area (Å²) in [5.74, 6) is -0.290. The second-order valence-electron chi connectivity index (χ2n) is 2.70. The number of carbonyl (C=O) groups excluding carboxylic acids is 1. The van der Waals surface area contributed by atoms with Crippen molar-refractivity contribution in [1.82, 2.24) is 10.4 Å². The zero-order valence-corrected chi connectivity index (χ0v) is 7.83. The van der Waals surface area contributed by atoms with E-state index in [2.05, 4.69) is 12.1 Å². The summed E-state index contributed by atoms with van der Waals surface area (Å²) in [6, 6.07) is -0.234. The van der Waals surface area contributed by atoms with Crippen molar-refractivity contribution < 1.29 is 9.63 Å². The van der Waals surface area contributed by atoms with Gasteiger partial charge in [0.15, 0.2) is 0 Å². The van der Waals surface area contributed by atoms with Crippen molar-refractivity contribution in [1.29, 1.82) is 0 Å². The van der Waals surface area contributed by atoms with Crippen LogP contribution in [0.4, 0.5) is 0 Å². The first-order valence-corrected chi connectivity index (χ1v) is 3.80. The van der Waals surface area contributed by atoms with E-state index in [-0.39, 0.29) is 12.0 Å². The summed E-state index contributed by atoms with van der Waals surface area (Å²) in [7, 11) is 3.64. The van der Waals surface area contributed by atoms with Gasteiger partial charge in [-0.15, -0.1) is 12.1 Å². The molecule has 0 bridgehead atoms. The van der Waals surface area contributed by atoms with Crippen molar-refractivity contribution in [2.75, 3.05) is 20.6 Å². The second kappa shape index (κ2) is 5.74. The van der Waals surface area contributed by atoms with Gasteiger partial charge in [0, 0.05) is 6.54 Å². The lowest BCUT2D eigenvalue weighted by Crippen LogP contribution is -2.37. The van der Waals surface area contributed by atoms with E-state index in [1.807, 2.05) is 14.1 Å². The summed E-state index contributed by atoms with van der Waals surface area (Å²) in [6.07, 6.45) is 1.62. The van der Waals surface area contributed by atoms with Crippen molar-refractivity contribution >= 4 is 5.97 Å². The molecule has 1 atom stereocenters. The smallest absolute Gasteiger partial charge is 0.341 e. The standard InChI is InChI=1S/C8H16N2O2/c1-5-6-9-12-8(11)7(2)10(3)4/h5,7,9H,1,6H2,2-4H3/t7-/m0/s1. The molecule has 12 heavy (non-hydrogen) atoms. The monoisotopic (exact) mass is 172 g/mol. The van der Waals surface area contributed by atoms with Crippen molar-refractivity contribution in [3.63, 3.8) is 0 Å². The lowest BCUT2D eigenvalue weighted by molar-refractivity contribution is -0.155. The van der Waals surface area contributed by atoms with Crippen molar-refractivity contribution in [3.05, 3.63) is 12.7 Å². The van der Waals surface area contributed by atoms with E-state index in [4.69, 9.17) is 4.84 Å². The Hall–Kier alpha value is -0.870. The van der Waals surface area contributed by atoms with Gasteiger partial charge in [0.1, 0.15) is 6.04 Å². The van der Waals surface area contributed by atoms with E-state index in [9.17, 15) is 4.79 Å². The van der Waals surface area contributed by atoms with Crippen LogP contribution < -0.4 is 5.48 Å². The molecule has 0 radical (unpaired) electrons.